The van der Waals surface area contributed by atoms with Gasteiger partial charge < -0.3 is 20.5 Å². The number of carbonyl (C=O) groups excluding carboxylic acids is 2. The molecule has 1 aliphatic rings. The van der Waals surface area contributed by atoms with E-state index in [4.69, 9.17) is 9.84 Å². The Morgan fingerprint density at radius 3 is 2.29 bits per heavy atom. The van der Waals surface area contributed by atoms with Crippen LogP contribution in [-0.4, -0.2) is 51.9 Å². The van der Waals surface area contributed by atoms with Crippen molar-refractivity contribution >= 4 is 23.7 Å². The number of nitrogens with zero attached hydrogens (tertiary/aromatic N) is 2. The van der Waals surface area contributed by atoms with Gasteiger partial charge in [0.2, 0.25) is 12.3 Å². The minimum absolute atomic E-state index is 0.0369. The number of aliphatic carboxylic acids is 1. The highest BCUT2D eigenvalue weighted by molar-refractivity contribution is 5.96. The van der Waals surface area contributed by atoms with Crippen molar-refractivity contribution in [3.8, 4) is 11.1 Å². The number of anilines is 1. The van der Waals surface area contributed by atoms with Crippen LogP contribution in [0.25, 0.3) is 11.1 Å². The zero-order valence-electron chi connectivity index (χ0n) is 18.4. The zero-order chi connectivity index (χ0) is 24.9. The second-order valence-electron chi connectivity index (χ2n) is 7.96. The Morgan fingerprint density at radius 1 is 1.06 bits per heavy atom. The molecule has 1 heterocycles. The summed E-state index contributed by atoms with van der Waals surface area (Å²) in [5, 5.41) is 17.1. The molecule has 2 amide bonds. The average molecular weight is 484 g/mol. The van der Waals surface area contributed by atoms with E-state index in [-0.39, 0.29) is 18.2 Å². The molecule has 2 aromatic carbocycles. The van der Waals surface area contributed by atoms with Crippen molar-refractivity contribution in [2.24, 2.45) is 0 Å². The van der Waals surface area contributed by atoms with Crippen LogP contribution in [-0.2, 0) is 20.9 Å². The number of aromatic nitrogens is 2. The van der Waals surface area contributed by atoms with Crippen molar-refractivity contribution in [2.45, 2.75) is 31.4 Å². The summed E-state index contributed by atoms with van der Waals surface area (Å²) in [7, 11) is 0. The third kappa shape index (κ3) is 5.62. The lowest BCUT2D eigenvalue weighted by Gasteiger charge is -2.19. The first-order valence-electron chi connectivity index (χ1n) is 10.8. The molecule has 182 valence electrons. The summed E-state index contributed by atoms with van der Waals surface area (Å²) < 4.78 is 32.6. The number of ether oxygens (including phenoxy) is 1. The number of hydrogen-bond acceptors (Lipinski definition) is 5. The van der Waals surface area contributed by atoms with Crippen LogP contribution in [0.5, 0.6) is 0 Å². The van der Waals surface area contributed by atoms with Crippen LogP contribution in [0.1, 0.15) is 23.5 Å². The SMILES string of the molecule is O=C(O)Cn1cc(NC(=O)C(CC(F)F)NC(=O)OCC2c3ccccc3-c3ccccc32)cn1. The minimum atomic E-state index is -2.87. The molecule has 0 aliphatic heterocycles. The smallest absolute Gasteiger partial charge is 0.407 e. The number of fused-ring (bicyclic) bond motifs is 3. The quantitative estimate of drug-likeness (QED) is 0.428. The van der Waals surface area contributed by atoms with E-state index >= 15 is 0 Å². The Bertz CT molecular complexity index is 1200. The molecule has 0 saturated carbocycles. The summed E-state index contributed by atoms with van der Waals surface area (Å²) in [6, 6.07) is 13.9. The van der Waals surface area contributed by atoms with Gasteiger partial charge >= 0.3 is 12.1 Å². The highest BCUT2D eigenvalue weighted by Crippen LogP contribution is 2.44. The van der Waals surface area contributed by atoms with Crippen LogP contribution in [0.4, 0.5) is 19.3 Å². The molecule has 35 heavy (non-hydrogen) atoms. The molecule has 0 spiro atoms. The molecular weight excluding hydrogens is 462 g/mol. The van der Waals surface area contributed by atoms with Gasteiger partial charge in [0.25, 0.3) is 0 Å². The van der Waals surface area contributed by atoms with Crippen molar-refractivity contribution in [1.82, 2.24) is 15.1 Å². The third-order valence-corrected chi connectivity index (χ3v) is 5.56. The molecule has 1 aromatic heterocycles. The fourth-order valence-electron chi connectivity index (χ4n) is 4.07. The first-order valence-corrected chi connectivity index (χ1v) is 10.8. The molecule has 0 saturated heterocycles. The number of carboxylic acids is 1. The molecule has 9 nitrogen and oxygen atoms in total. The number of alkyl halides is 2. The molecule has 4 rings (SSSR count). The van der Waals surface area contributed by atoms with Crippen molar-refractivity contribution < 1.29 is 33.0 Å². The lowest BCUT2D eigenvalue weighted by atomic mass is 9.98. The van der Waals surface area contributed by atoms with E-state index in [1.807, 2.05) is 48.5 Å². The van der Waals surface area contributed by atoms with Gasteiger partial charge in [0.1, 0.15) is 19.2 Å². The number of alkyl carbamates (subject to hydrolysis) is 1. The Kier molecular flexibility index (Phi) is 7.04. The molecule has 1 aliphatic carbocycles. The predicted molar refractivity (Wildman–Crippen MR) is 121 cm³/mol. The van der Waals surface area contributed by atoms with Gasteiger partial charge in [-0.1, -0.05) is 48.5 Å². The molecule has 1 unspecified atom stereocenters. The molecule has 3 N–H and O–H groups in total. The number of carbonyl (C=O) groups is 3. The number of benzene rings is 2. The maximum absolute atomic E-state index is 13.1. The van der Waals surface area contributed by atoms with Gasteiger partial charge in [-0.3, -0.25) is 14.3 Å². The fourth-order valence-corrected chi connectivity index (χ4v) is 4.07. The van der Waals surface area contributed by atoms with Crippen LogP contribution in [0, 0.1) is 0 Å². The Morgan fingerprint density at radius 2 is 1.69 bits per heavy atom. The van der Waals surface area contributed by atoms with Crippen LogP contribution in [0.3, 0.4) is 0 Å². The van der Waals surface area contributed by atoms with E-state index in [0.29, 0.717) is 0 Å². The average Bonchev–Trinajstić information content (AvgIpc) is 3.38. The summed E-state index contributed by atoms with van der Waals surface area (Å²) >= 11 is 0. The molecule has 11 heteroatoms. The lowest BCUT2D eigenvalue weighted by molar-refractivity contribution is -0.137. The third-order valence-electron chi connectivity index (χ3n) is 5.56. The molecule has 0 fully saturated rings. The van der Waals surface area contributed by atoms with Gasteiger partial charge in [0.05, 0.1) is 11.9 Å². The van der Waals surface area contributed by atoms with Gasteiger partial charge in [-0.05, 0) is 22.3 Å². The van der Waals surface area contributed by atoms with Crippen molar-refractivity contribution in [1.29, 1.82) is 0 Å². The Hall–Kier alpha value is -4.28. The molecule has 3 aromatic rings. The van der Waals surface area contributed by atoms with E-state index < -0.39 is 43.4 Å². The molecule has 1 atom stereocenters. The summed E-state index contributed by atoms with van der Waals surface area (Å²) in [5.74, 6) is -2.28. The monoisotopic (exact) mass is 484 g/mol. The van der Waals surface area contributed by atoms with E-state index in [1.54, 1.807) is 0 Å². The summed E-state index contributed by atoms with van der Waals surface area (Å²) in [4.78, 5) is 35.7. The number of hydrogen-bond donors (Lipinski definition) is 3. The van der Waals surface area contributed by atoms with E-state index in [9.17, 15) is 23.2 Å². The summed E-state index contributed by atoms with van der Waals surface area (Å²) in [6.07, 6.45) is -2.39. The number of amides is 2. The summed E-state index contributed by atoms with van der Waals surface area (Å²) in [5.41, 5.74) is 4.15. The number of carboxylic acid groups (broad SMARTS) is 1. The van der Waals surface area contributed by atoms with Crippen LogP contribution >= 0.6 is 0 Å². The highest BCUT2D eigenvalue weighted by atomic mass is 19.3. The first kappa shape index (κ1) is 23.9. The Balaban J connectivity index is 1.40. The zero-order valence-corrected chi connectivity index (χ0v) is 18.4. The maximum Gasteiger partial charge on any atom is 0.407 e. The van der Waals surface area contributed by atoms with Gasteiger partial charge in [-0.25, -0.2) is 13.6 Å². The van der Waals surface area contributed by atoms with Gasteiger partial charge in [-0.15, -0.1) is 0 Å². The van der Waals surface area contributed by atoms with Crippen LogP contribution in [0.15, 0.2) is 60.9 Å². The van der Waals surface area contributed by atoms with Crippen LogP contribution in [0.2, 0.25) is 0 Å². The maximum atomic E-state index is 13.1. The summed E-state index contributed by atoms with van der Waals surface area (Å²) in [6.45, 7) is -0.473. The van der Waals surface area contributed by atoms with Crippen molar-refractivity contribution in [2.75, 3.05) is 11.9 Å². The van der Waals surface area contributed by atoms with E-state index in [2.05, 4.69) is 15.7 Å². The van der Waals surface area contributed by atoms with E-state index in [0.717, 1.165) is 26.9 Å². The second-order valence-corrected chi connectivity index (χ2v) is 7.96. The van der Waals surface area contributed by atoms with Crippen molar-refractivity contribution in [3.63, 3.8) is 0 Å². The second kappa shape index (κ2) is 10.3. The van der Waals surface area contributed by atoms with Crippen LogP contribution < -0.4 is 10.6 Å². The first-order chi connectivity index (χ1) is 16.8. The highest BCUT2D eigenvalue weighted by Gasteiger charge is 2.30. The largest absolute Gasteiger partial charge is 0.480 e. The minimum Gasteiger partial charge on any atom is -0.480 e. The molecule has 0 radical (unpaired) electrons. The topological polar surface area (TPSA) is 123 Å². The number of halogens is 2. The normalized spacial score (nSPS) is 13.1. The lowest BCUT2D eigenvalue weighted by Crippen LogP contribution is -2.45. The van der Waals surface area contributed by atoms with Gasteiger partial charge in [0.15, 0.2) is 0 Å². The number of nitrogens with one attached hydrogen (secondary N) is 2. The van der Waals surface area contributed by atoms with Crippen molar-refractivity contribution in [3.05, 3.63) is 72.1 Å². The van der Waals surface area contributed by atoms with E-state index in [1.165, 1.54) is 12.4 Å². The van der Waals surface area contributed by atoms with Gasteiger partial charge in [-0.2, -0.15) is 5.10 Å². The number of rotatable bonds is 9. The molecule has 0 bridgehead atoms. The van der Waals surface area contributed by atoms with Gasteiger partial charge in [0, 0.05) is 18.5 Å². The predicted octanol–water partition coefficient (Wildman–Crippen LogP) is 3.47. The standard InChI is InChI=1S/C24H22F2N4O5/c25-21(26)9-20(23(33)28-14-10-27-30(11-14)12-22(31)32)29-24(34)35-13-19-17-7-3-1-5-15(17)16-6-2-4-8-18(16)19/h1-8,10-11,19-21H,9,12-13H2,(H,28,33)(H,29,34)(H,31,32). The molecular formula is C24H22F2N4O5. The Labute approximate surface area is 198 Å². The fraction of sp³-hybridized carbons (Fsp3) is 0.250.